The van der Waals surface area contributed by atoms with Gasteiger partial charge in [-0.2, -0.15) is 0 Å². The highest BCUT2D eigenvalue weighted by Gasteiger charge is 2.33. The average molecular weight is 638 g/mol. The Bertz CT molecular complexity index is 1480. The molecule has 2 aliphatic heterocycles. The minimum absolute atomic E-state index is 0.181. The van der Waals surface area contributed by atoms with Crippen LogP contribution in [0.15, 0.2) is 72.8 Å². The van der Waals surface area contributed by atoms with E-state index in [0.29, 0.717) is 17.8 Å². The van der Waals surface area contributed by atoms with Crippen molar-refractivity contribution in [2.45, 2.75) is 90.3 Å². The molecule has 0 bridgehead atoms. The molecule has 2 atom stereocenters. The van der Waals surface area contributed by atoms with Gasteiger partial charge in [0.05, 0.1) is 0 Å². The van der Waals surface area contributed by atoms with Crippen molar-refractivity contribution in [3.63, 3.8) is 0 Å². The lowest BCUT2D eigenvalue weighted by molar-refractivity contribution is 0.0130. The highest BCUT2D eigenvalue weighted by atomic mass is 16.6. The van der Waals surface area contributed by atoms with Crippen LogP contribution in [0.3, 0.4) is 0 Å². The van der Waals surface area contributed by atoms with Crippen LogP contribution in [0.5, 0.6) is 5.75 Å². The van der Waals surface area contributed by atoms with E-state index in [1.807, 2.05) is 25.7 Å². The molecule has 0 spiro atoms. The molecule has 1 amide bonds. The molecule has 0 saturated carbocycles. The second-order valence-corrected chi connectivity index (χ2v) is 15.9. The molecule has 0 aromatic heterocycles. The van der Waals surface area contributed by atoms with Gasteiger partial charge < -0.3 is 19.3 Å². The summed E-state index contributed by atoms with van der Waals surface area (Å²) < 4.78 is 11.8. The molecule has 2 heterocycles. The number of benzene rings is 3. The lowest BCUT2D eigenvalue weighted by Gasteiger charge is -2.39. The summed E-state index contributed by atoms with van der Waals surface area (Å²) >= 11 is 0. The van der Waals surface area contributed by atoms with Crippen LogP contribution in [0.2, 0.25) is 0 Å². The van der Waals surface area contributed by atoms with Crippen LogP contribution in [0.1, 0.15) is 94.9 Å². The van der Waals surface area contributed by atoms with Gasteiger partial charge in [0.25, 0.3) is 0 Å². The zero-order valence-electron chi connectivity index (χ0n) is 29.5. The summed E-state index contributed by atoms with van der Waals surface area (Å²) in [6, 6.07) is 27.4. The number of amides is 1. The zero-order chi connectivity index (χ0) is 33.2. The van der Waals surface area contributed by atoms with Crippen molar-refractivity contribution in [3.8, 4) is 5.75 Å². The van der Waals surface area contributed by atoms with Gasteiger partial charge >= 0.3 is 6.09 Å². The number of hydrogen-bond donors (Lipinski definition) is 0. The Morgan fingerprint density at radius 3 is 2.06 bits per heavy atom. The van der Waals surface area contributed by atoms with E-state index in [1.165, 1.54) is 40.8 Å². The normalized spacial score (nSPS) is 21.3. The molecule has 0 N–H and O–H groups in total. The first-order chi connectivity index (χ1) is 22.4. The minimum atomic E-state index is -0.444. The van der Waals surface area contributed by atoms with Gasteiger partial charge in [-0.05, 0) is 126 Å². The van der Waals surface area contributed by atoms with Crippen molar-refractivity contribution in [2.75, 3.05) is 50.7 Å². The number of ether oxygens (including phenoxy) is 2. The Balaban J connectivity index is 1.08. The van der Waals surface area contributed by atoms with Crippen molar-refractivity contribution in [3.05, 3.63) is 95.1 Å². The van der Waals surface area contributed by atoms with Crippen molar-refractivity contribution < 1.29 is 14.3 Å². The van der Waals surface area contributed by atoms with Crippen molar-refractivity contribution in [1.29, 1.82) is 0 Å². The van der Waals surface area contributed by atoms with E-state index >= 15 is 0 Å². The number of anilines is 1. The van der Waals surface area contributed by atoms with E-state index in [4.69, 9.17) is 9.47 Å². The molecule has 252 valence electrons. The summed E-state index contributed by atoms with van der Waals surface area (Å²) in [5, 5.41) is 0. The largest absolute Gasteiger partial charge is 0.488 e. The monoisotopic (exact) mass is 637 g/mol. The molecule has 1 aliphatic carbocycles. The maximum atomic E-state index is 12.5. The summed E-state index contributed by atoms with van der Waals surface area (Å²) in [5.41, 5.74) is 6.36. The highest BCUT2D eigenvalue weighted by molar-refractivity contribution is 5.68. The molecule has 0 unspecified atom stereocenters. The van der Waals surface area contributed by atoms with Gasteiger partial charge in [-0.1, -0.05) is 48.5 Å². The average Bonchev–Trinajstić information content (AvgIpc) is 3.04. The molecule has 3 aliphatic rings. The molecule has 3 aromatic rings. The van der Waals surface area contributed by atoms with E-state index in [0.717, 1.165) is 64.4 Å². The Morgan fingerprint density at radius 1 is 0.745 bits per heavy atom. The Labute approximate surface area is 283 Å². The maximum Gasteiger partial charge on any atom is 0.410 e. The van der Waals surface area contributed by atoms with Crippen LogP contribution in [0.25, 0.3) is 0 Å². The number of aryl methyl sites for hydroxylation is 1. The zero-order valence-corrected chi connectivity index (χ0v) is 29.5. The second-order valence-electron chi connectivity index (χ2n) is 15.9. The maximum absolute atomic E-state index is 12.5. The third-order valence-electron chi connectivity index (χ3n) is 10.0. The standard InChI is InChI=1S/C41H55N3O3/c1-40(2,3)46-35-17-19-37-33(28-35)14-18-36(31-10-8-7-9-11-31)38(37)32-12-15-34(16-13-32)43-22-20-30(21-23-43)29-42-24-26-44(27-25-42)39(45)47-41(4,5)6/h7-13,15-17,19,28,30,36,38H,14,18,20-27,29H2,1-6H3/t36-,38+/m1/s1. The van der Waals surface area contributed by atoms with Gasteiger partial charge in [0.2, 0.25) is 0 Å². The lowest BCUT2D eigenvalue weighted by atomic mass is 9.69. The first kappa shape index (κ1) is 33.4. The van der Waals surface area contributed by atoms with Gasteiger partial charge in [-0.15, -0.1) is 0 Å². The molecule has 6 heteroatoms. The van der Waals surface area contributed by atoms with Crippen molar-refractivity contribution in [1.82, 2.24) is 9.80 Å². The van der Waals surface area contributed by atoms with Gasteiger partial charge in [-0.25, -0.2) is 4.79 Å². The second kappa shape index (κ2) is 13.9. The first-order valence-corrected chi connectivity index (χ1v) is 17.8. The molecule has 3 aromatic carbocycles. The third-order valence-corrected chi connectivity index (χ3v) is 10.0. The van der Waals surface area contributed by atoms with E-state index in [1.54, 1.807) is 0 Å². The number of carbonyl (C=O) groups excluding carboxylic acids is 1. The first-order valence-electron chi connectivity index (χ1n) is 17.8. The number of hydrogen-bond acceptors (Lipinski definition) is 5. The molecule has 47 heavy (non-hydrogen) atoms. The van der Waals surface area contributed by atoms with E-state index in [-0.39, 0.29) is 11.7 Å². The fraction of sp³-hybridized carbons (Fsp3) is 0.537. The van der Waals surface area contributed by atoms with Crippen LogP contribution >= 0.6 is 0 Å². The van der Waals surface area contributed by atoms with E-state index < -0.39 is 5.60 Å². The number of rotatable bonds is 6. The highest BCUT2D eigenvalue weighted by Crippen LogP contribution is 2.47. The number of fused-ring (bicyclic) bond motifs is 1. The number of piperazine rings is 1. The van der Waals surface area contributed by atoms with Crippen LogP contribution in [0, 0.1) is 5.92 Å². The predicted octanol–water partition coefficient (Wildman–Crippen LogP) is 8.49. The summed E-state index contributed by atoms with van der Waals surface area (Å²) in [6.45, 7) is 18.8. The summed E-state index contributed by atoms with van der Waals surface area (Å²) in [6.07, 6.45) is 4.43. The van der Waals surface area contributed by atoms with E-state index in [9.17, 15) is 4.79 Å². The van der Waals surface area contributed by atoms with Gasteiger partial charge in [0, 0.05) is 57.4 Å². The van der Waals surface area contributed by atoms with Gasteiger partial charge in [-0.3, -0.25) is 4.90 Å². The SMILES string of the molecule is CC(C)(C)OC(=O)N1CCN(CC2CCN(c3ccc([C@@H]4c5ccc(OC(C)(C)C)cc5CC[C@@H]4c4ccccc4)cc3)CC2)CC1. The Morgan fingerprint density at radius 2 is 1.43 bits per heavy atom. The molecular weight excluding hydrogens is 582 g/mol. The summed E-state index contributed by atoms with van der Waals surface area (Å²) in [4.78, 5) is 19.4. The van der Waals surface area contributed by atoms with Crippen LogP contribution in [0.4, 0.5) is 10.5 Å². The fourth-order valence-electron chi connectivity index (χ4n) is 7.76. The Kier molecular flexibility index (Phi) is 9.89. The number of nitrogens with zero attached hydrogens (tertiary/aromatic N) is 3. The summed E-state index contributed by atoms with van der Waals surface area (Å²) in [7, 11) is 0. The fourth-order valence-corrected chi connectivity index (χ4v) is 7.76. The van der Waals surface area contributed by atoms with Crippen LogP contribution in [-0.4, -0.2) is 72.9 Å². The molecule has 6 nitrogen and oxygen atoms in total. The number of piperidine rings is 1. The molecule has 6 rings (SSSR count). The molecular formula is C41H55N3O3. The summed E-state index contributed by atoms with van der Waals surface area (Å²) in [5.74, 6) is 2.44. The molecule has 0 radical (unpaired) electrons. The van der Waals surface area contributed by atoms with Gasteiger partial charge in [0.15, 0.2) is 0 Å². The van der Waals surface area contributed by atoms with Crippen LogP contribution < -0.4 is 9.64 Å². The van der Waals surface area contributed by atoms with Crippen LogP contribution in [-0.2, 0) is 11.2 Å². The van der Waals surface area contributed by atoms with Crippen molar-refractivity contribution in [2.24, 2.45) is 5.92 Å². The predicted molar refractivity (Wildman–Crippen MR) is 192 cm³/mol. The minimum Gasteiger partial charge on any atom is -0.488 e. The van der Waals surface area contributed by atoms with E-state index in [2.05, 4.69) is 103 Å². The van der Waals surface area contributed by atoms with Crippen molar-refractivity contribution >= 4 is 11.8 Å². The number of carbonyl (C=O) groups is 1. The topological polar surface area (TPSA) is 45.2 Å². The lowest BCUT2D eigenvalue weighted by Crippen LogP contribution is -2.51. The quantitative estimate of drug-likeness (QED) is 0.271. The third kappa shape index (κ3) is 8.51. The smallest absolute Gasteiger partial charge is 0.410 e. The Hall–Kier alpha value is -3.51. The van der Waals surface area contributed by atoms with Gasteiger partial charge in [0.1, 0.15) is 17.0 Å². The molecule has 2 fully saturated rings. The molecule has 2 saturated heterocycles.